The molecule has 0 spiro atoms. The van der Waals surface area contributed by atoms with E-state index in [2.05, 4.69) is 21.5 Å². The molecule has 0 aromatic carbocycles. The quantitative estimate of drug-likeness (QED) is 0.656. The van der Waals surface area contributed by atoms with Crippen LogP contribution in [-0.4, -0.2) is 16.2 Å². The lowest BCUT2D eigenvalue weighted by Gasteiger charge is -1.94. The largest absolute Gasteiger partial charge is 0.254 e. The van der Waals surface area contributed by atoms with Gasteiger partial charge in [0.1, 0.15) is 5.70 Å². The molecule has 3 heteroatoms. The highest BCUT2D eigenvalue weighted by Gasteiger charge is 1.95. The number of aromatic nitrogens is 2. The summed E-state index contributed by atoms with van der Waals surface area (Å²) in [7, 11) is 0. The zero-order valence-electron chi connectivity index (χ0n) is 7.51. The zero-order valence-corrected chi connectivity index (χ0v) is 7.51. The van der Waals surface area contributed by atoms with E-state index in [0.29, 0.717) is 11.5 Å². The number of rotatable bonds is 3. The highest BCUT2D eigenvalue weighted by atomic mass is 14.9. The van der Waals surface area contributed by atoms with E-state index in [1.165, 1.54) is 0 Å². The van der Waals surface area contributed by atoms with Gasteiger partial charge in [0.05, 0.1) is 0 Å². The van der Waals surface area contributed by atoms with Crippen molar-refractivity contribution in [3.05, 3.63) is 43.0 Å². The Hall–Kier alpha value is -1.77. The SMILES string of the molecule is C=C(N=C/C=C\C)c1ncccn1. The molecule has 1 rings (SSSR count). The molecular formula is C10H11N3. The van der Waals surface area contributed by atoms with E-state index < -0.39 is 0 Å². The molecule has 0 saturated heterocycles. The summed E-state index contributed by atoms with van der Waals surface area (Å²) < 4.78 is 0. The van der Waals surface area contributed by atoms with Gasteiger partial charge in [-0.3, -0.25) is 4.99 Å². The predicted molar refractivity (Wildman–Crippen MR) is 54.4 cm³/mol. The van der Waals surface area contributed by atoms with Crippen LogP contribution in [0.15, 0.2) is 42.2 Å². The minimum absolute atomic E-state index is 0.559. The van der Waals surface area contributed by atoms with Gasteiger partial charge in [-0.05, 0) is 19.1 Å². The summed E-state index contributed by atoms with van der Waals surface area (Å²) in [5.41, 5.74) is 0.568. The molecule has 0 fully saturated rings. The molecule has 0 aliphatic rings. The highest BCUT2D eigenvalue weighted by Crippen LogP contribution is 2.04. The summed E-state index contributed by atoms with van der Waals surface area (Å²) in [6, 6.07) is 1.76. The molecule has 0 N–H and O–H groups in total. The number of allylic oxidation sites excluding steroid dienone is 2. The number of hydrogen-bond donors (Lipinski definition) is 0. The maximum Gasteiger partial charge on any atom is 0.177 e. The van der Waals surface area contributed by atoms with Crippen LogP contribution in [0.1, 0.15) is 12.7 Å². The third-order valence-electron chi connectivity index (χ3n) is 1.33. The normalized spacial score (nSPS) is 11.2. The van der Waals surface area contributed by atoms with Crippen molar-refractivity contribution in [2.75, 3.05) is 0 Å². The minimum Gasteiger partial charge on any atom is -0.254 e. The Kier molecular flexibility index (Phi) is 3.57. The second-order valence-electron chi connectivity index (χ2n) is 2.32. The Morgan fingerprint density at radius 3 is 2.77 bits per heavy atom. The molecular weight excluding hydrogens is 162 g/mol. The van der Waals surface area contributed by atoms with E-state index in [0.717, 1.165) is 0 Å². The van der Waals surface area contributed by atoms with E-state index in [1.54, 1.807) is 24.7 Å². The molecule has 0 aliphatic carbocycles. The Morgan fingerprint density at radius 2 is 2.15 bits per heavy atom. The first-order chi connectivity index (χ1) is 6.34. The first-order valence-electron chi connectivity index (χ1n) is 3.96. The molecule has 3 nitrogen and oxygen atoms in total. The van der Waals surface area contributed by atoms with Crippen LogP contribution in [-0.2, 0) is 0 Å². The minimum atomic E-state index is 0.559. The van der Waals surface area contributed by atoms with Crippen molar-refractivity contribution in [2.24, 2.45) is 4.99 Å². The van der Waals surface area contributed by atoms with Gasteiger partial charge in [0.2, 0.25) is 0 Å². The van der Waals surface area contributed by atoms with Gasteiger partial charge in [-0.2, -0.15) is 0 Å². The van der Waals surface area contributed by atoms with Gasteiger partial charge in [-0.15, -0.1) is 0 Å². The second-order valence-corrected chi connectivity index (χ2v) is 2.32. The van der Waals surface area contributed by atoms with Crippen LogP contribution in [0.5, 0.6) is 0 Å². The summed E-state index contributed by atoms with van der Waals surface area (Å²) in [6.45, 7) is 5.66. The Morgan fingerprint density at radius 1 is 1.46 bits per heavy atom. The van der Waals surface area contributed by atoms with Crippen LogP contribution >= 0.6 is 0 Å². The van der Waals surface area contributed by atoms with Crippen molar-refractivity contribution in [1.82, 2.24) is 9.97 Å². The topological polar surface area (TPSA) is 38.1 Å². The lowest BCUT2D eigenvalue weighted by Crippen LogP contribution is -1.88. The van der Waals surface area contributed by atoms with Crippen LogP contribution in [0.3, 0.4) is 0 Å². The van der Waals surface area contributed by atoms with Crippen molar-refractivity contribution in [2.45, 2.75) is 6.92 Å². The second kappa shape index (κ2) is 4.98. The summed E-state index contributed by atoms with van der Waals surface area (Å²) in [6.07, 6.45) is 8.72. The van der Waals surface area contributed by atoms with Gasteiger partial charge in [-0.1, -0.05) is 12.7 Å². The average Bonchev–Trinajstić information content (AvgIpc) is 2.19. The lowest BCUT2D eigenvalue weighted by atomic mass is 10.4. The zero-order chi connectivity index (χ0) is 9.52. The molecule has 1 heterocycles. The molecule has 0 saturated carbocycles. The molecule has 13 heavy (non-hydrogen) atoms. The number of nitrogens with zero attached hydrogens (tertiary/aromatic N) is 3. The first-order valence-corrected chi connectivity index (χ1v) is 3.96. The Bertz CT molecular complexity index is 325. The fraction of sp³-hybridized carbons (Fsp3) is 0.100. The molecule has 66 valence electrons. The third kappa shape index (κ3) is 2.99. The monoisotopic (exact) mass is 173 g/mol. The van der Waals surface area contributed by atoms with Gasteiger partial charge in [-0.25, -0.2) is 9.97 Å². The van der Waals surface area contributed by atoms with E-state index >= 15 is 0 Å². The maximum atomic E-state index is 4.05. The van der Waals surface area contributed by atoms with Gasteiger partial charge in [0, 0.05) is 18.6 Å². The van der Waals surface area contributed by atoms with Gasteiger partial charge in [0.25, 0.3) is 0 Å². The average molecular weight is 173 g/mol. The molecule has 0 bridgehead atoms. The van der Waals surface area contributed by atoms with E-state index in [9.17, 15) is 0 Å². The van der Waals surface area contributed by atoms with Gasteiger partial charge >= 0.3 is 0 Å². The highest BCUT2D eigenvalue weighted by molar-refractivity contribution is 5.77. The molecule has 0 radical (unpaired) electrons. The van der Waals surface area contributed by atoms with E-state index in [1.807, 2.05) is 19.1 Å². The van der Waals surface area contributed by atoms with Crippen LogP contribution < -0.4 is 0 Å². The van der Waals surface area contributed by atoms with Crippen molar-refractivity contribution >= 4 is 11.9 Å². The van der Waals surface area contributed by atoms with E-state index in [-0.39, 0.29) is 0 Å². The molecule has 0 unspecified atom stereocenters. The van der Waals surface area contributed by atoms with Crippen molar-refractivity contribution in [3.8, 4) is 0 Å². The van der Waals surface area contributed by atoms with Crippen LogP contribution in [0.25, 0.3) is 5.70 Å². The summed E-state index contributed by atoms with van der Waals surface area (Å²) in [4.78, 5) is 12.1. The van der Waals surface area contributed by atoms with Crippen molar-refractivity contribution < 1.29 is 0 Å². The predicted octanol–water partition coefficient (Wildman–Crippen LogP) is 2.09. The smallest absolute Gasteiger partial charge is 0.177 e. The third-order valence-corrected chi connectivity index (χ3v) is 1.33. The molecule has 0 atom stereocenters. The standard InChI is InChI=1S/C10H11N3/c1-3-4-6-11-9(2)10-12-7-5-8-13-10/h3-8H,2H2,1H3/b4-3-,11-6?. The summed E-state index contributed by atoms with van der Waals surface area (Å²) in [5, 5.41) is 0. The fourth-order valence-corrected chi connectivity index (χ4v) is 0.725. The number of hydrogen-bond acceptors (Lipinski definition) is 3. The molecule has 0 amide bonds. The number of aliphatic imine (C=N–C) groups is 1. The van der Waals surface area contributed by atoms with Gasteiger partial charge < -0.3 is 0 Å². The molecule has 0 aliphatic heterocycles. The first kappa shape index (κ1) is 9.32. The van der Waals surface area contributed by atoms with Crippen molar-refractivity contribution in [1.29, 1.82) is 0 Å². The Balaban J connectivity index is 2.70. The van der Waals surface area contributed by atoms with Gasteiger partial charge in [0.15, 0.2) is 5.82 Å². The summed E-state index contributed by atoms with van der Waals surface area (Å²) in [5.74, 6) is 0.559. The Labute approximate surface area is 77.6 Å². The van der Waals surface area contributed by atoms with E-state index in [4.69, 9.17) is 0 Å². The maximum absolute atomic E-state index is 4.05. The molecule has 1 aromatic heterocycles. The fourth-order valence-electron chi connectivity index (χ4n) is 0.725. The van der Waals surface area contributed by atoms with Crippen LogP contribution in [0, 0.1) is 0 Å². The summed E-state index contributed by atoms with van der Waals surface area (Å²) >= 11 is 0. The van der Waals surface area contributed by atoms with Crippen LogP contribution in [0.2, 0.25) is 0 Å². The lowest BCUT2D eigenvalue weighted by molar-refractivity contribution is 1.11. The van der Waals surface area contributed by atoms with Crippen LogP contribution in [0.4, 0.5) is 0 Å². The molecule has 1 aromatic rings. The van der Waals surface area contributed by atoms with Crippen molar-refractivity contribution in [3.63, 3.8) is 0 Å².